The number of benzene rings is 1. The minimum Gasteiger partial charge on any atom is -0.462 e. The van der Waals surface area contributed by atoms with Gasteiger partial charge in [0.25, 0.3) is 0 Å². The summed E-state index contributed by atoms with van der Waals surface area (Å²) in [7, 11) is 0. The van der Waals surface area contributed by atoms with Crippen LogP contribution in [-0.4, -0.2) is 23.8 Å². The number of esters is 1. The van der Waals surface area contributed by atoms with Gasteiger partial charge in [-0.1, -0.05) is 13.3 Å². The molecule has 19 heavy (non-hydrogen) atoms. The molecule has 1 aromatic carbocycles. The van der Waals surface area contributed by atoms with Gasteiger partial charge >= 0.3 is 12.0 Å². The third-order valence-electron chi connectivity index (χ3n) is 1.99. The van der Waals surface area contributed by atoms with Gasteiger partial charge in [0.2, 0.25) is 0 Å². The van der Waals surface area contributed by atoms with Crippen LogP contribution in [0.15, 0.2) is 24.3 Å². The predicted molar refractivity (Wildman–Crippen MR) is 70.6 cm³/mol. The molecule has 0 spiro atoms. The number of ether oxygens (including phenoxy) is 1. The second-order valence-electron chi connectivity index (χ2n) is 3.59. The zero-order chi connectivity index (χ0) is 14.7. The molecule has 2 amide bonds. The molecule has 6 N–H and O–H groups in total. The van der Waals surface area contributed by atoms with Crippen molar-refractivity contribution < 1.29 is 19.5 Å². The first-order valence-electron chi connectivity index (χ1n) is 5.73. The predicted octanol–water partition coefficient (Wildman–Crippen LogP) is 1.27. The molecule has 1 rings (SSSR count). The van der Waals surface area contributed by atoms with Gasteiger partial charge in [0, 0.05) is 5.69 Å². The highest BCUT2D eigenvalue weighted by molar-refractivity contribution is 5.89. The van der Waals surface area contributed by atoms with Gasteiger partial charge in [-0.25, -0.2) is 15.1 Å². The Labute approximate surface area is 111 Å². The van der Waals surface area contributed by atoms with Crippen LogP contribution in [0, 0.1) is 0 Å². The molecule has 0 saturated carbocycles. The molecule has 7 heteroatoms. The van der Waals surface area contributed by atoms with E-state index >= 15 is 0 Å². The molecule has 1 aromatic rings. The third-order valence-corrected chi connectivity index (χ3v) is 1.99. The Kier molecular flexibility index (Phi) is 8.55. The Morgan fingerprint density at radius 2 is 1.84 bits per heavy atom. The summed E-state index contributed by atoms with van der Waals surface area (Å²) in [4.78, 5) is 20.6. The summed E-state index contributed by atoms with van der Waals surface area (Å²) < 4.78 is 5.03. The number of rotatable bonds is 4. The normalized spacial score (nSPS) is 8.95. The molecule has 0 fully saturated rings. The number of nitrogen functional groups attached to an aromatic ring is 1. The fourth-order valence-electron chi connectivity index (χ4n) is 1.01. The molecule has 7 nitrogen and oxygen atoms in total. The van der Waals surface area contributed by atoms with Gasteiger partial charge in [0.05, 0.1) is 12.2 Å². The fraction of sp³-hybridized carbons (Fsp3) is 0.333. The van der Waals surface area contributed by atoms with E-state index in [1.165, 1.54) is 5.48 Å². The van der Waals surface area contributed by atoms with Gasteiger partial charge in [0.15, 0.2) is 0 Å². The lowest BCUT2D eigenvalue weighted by Crippen LogP contribution is -2.25. The molecule has 0 atom stereocenters. The lowest BCUT2D eigenvalue weighted by Gasteiger charge is -2.03. The van der Waals surface area contributed by atoms with E-state index in [1.54, 1.807) is 24.3 Å². The maximum atomic E-state index is 11.4. The van der Waals surface area contributed by atoms with E-state index in [4.69, 9.17) is 15.7 Å². The van der Waals surface area contributed by atoms with Crippen LogP contribution in [-0.2, 0) is 4.74 Å². The maximum absolute atomic E-state index is 11.4. The van der Waals surface area contributed by atoms with Crippen LogP contribution in [0.1, 0.15) is 30.1 Å². The van der Waals surface area contributed by atoms with Gasteiger partial charge in [-0.2, -0.15) is 0 Å². The quantitative estimate of drug-likeness (QED) is 0.215. The Balaban J connectivity index is 0.000000555. The number of nitrogens with one attached hydrogen (secondary N) is 1. The first kappa shape index (κ1) is 16.7. The number of carbonyl (C=O) groups is 2. The van der Waals surface area contributed by atoms with Crippen molar-refractivity contribution in [2.24, 2.45) is 5.73 Å². The monoisotopic (exact) mass is 269 g/mol. The Bertz CT molecular complexity index is 392. The summed E-state index contributed by atoms with van der Waals surface area (Å²) in [5, 5.41) is 7.42. The number of hydrogen-bond acceptors (Lipinski definition) is 5. The van der Waals surface area contributed by atoms with Crippen molar-refractivity contribution in [1.82, 2.24) is 5.48 Å². The van der Waals surface area contributed by atoms with E-state index in [0.717, 1.165) is 12.8 Å². The van der Waals surface area contributed by atoms with Gasteiger partial charge in [0.1, 0.15) is 0 Å². The second-order valence-corrected chi connectivity index (χ2v) is 3.59. The molecule has 0 heterocycles. The van der Waals surface area contributed by atoms with Crippen LogP contribution in [0.4, 0.5) is 10.5 Å². The summed E-state index contributed by atoms with van der Waals surface area (Å²) in [5.74, 6) is -0.279. The van der Waals surface area contributed by atoms with Gasteiger partial charge in [-0.3, -0.25) is 5.21 Å². The van der Waals surface area contributed by atoms with E-state index in [0.29, 0.717) is 17.9 Å². The number of nitrogens with two attached hydrogens (primary N) is 2. The zero-order valence-electron chi connectivity index (χ0n) is 10.8. The molecule has 0 aliphatic heterocycles. The van der Waals surface area contributed by atoms with Gasteiger partial charge < -0.3 is 16.2 Å². The van der Waals surface area contributed by atoms with E-state index < -0.39 is 6.03 Å². The number of unbranched alkanes of at least 4 members (excludes halogenated alkanes) is 1. The molecule has 0 aliphatic rings. The fourth-order valence-corrected chi connectivity index (χ4v) is 1.01. The highest BCUT2D eigenvalue weighted by Gasteiger charge is 2.05. The van der Waals surface area contributed by atoms with E-state index in [9.17, 15) is 9.59 Å². The number of primary amides is 1. The van der Waals surface area contributed by atoms with E-state index in [1.807, 2.05) is 0 Å². The minimum absolute atomic E-state index is 0.279. The maximum Gasteiger partial charge on any atom is 0.338 e. The van der Waals surface area contributed by atoms with Gasteiger partial charge in [-0.05, 0) is 30.7 Å². The molecule has 0 aliphatic carbocycles. The average molecular weight is 269 g/mol. The largest absolute Gasteiger partial charge is 0.462 e. The number of amides is 2. The van der Waals surface area contributed by atoms with Crippen molar-refractivity contribution in [1.29, 1.82) is 0 Å². The van der Waals surface area contributed by atoms with Crippen molar-refractivity contribution in [3.05, 3.63) is 29.8 Å². The average Bonchev–Trinajstić information content (AvgIpc) is 2.40. The number of hydroxylamine groups is 1. The Morgan fingerprint density at radius 1 is 1.32 bits per heavy atom. The molecule has 0 aromatic heterocycles. The summed E-state index contributed by atoms with van der Waals surface area (Å²) in [6, 6.07) is 5.78. The third kappa shape index (κ3) is 8.44. The number of carbonyl (C=O) groups excluding carboxylic acids is 2. The lowest BCUT2D eigenvalue weighted by molar-refractivity contribution is 0.0500. The first-order valence-corrected chi connectivity index (χ1v) is 5.73. The number of hydrogen-bond donors (Lipinski definition) is 4. The number of urea groups is 1. The lowest BCUT2D eigenvalue weighted by atomic mass is 10.2. The summed E-state index contributed by atoms with van der Waals surface area (Å²) in [6.07, 6.45) is 1.93. The standard InChI is InChI=1S/C11H15NO2.CH4N2O2/c1-2-3-8-14-11(13)9-4-6-10(12)7-5-9;2-1(4)3-5/h4-7H,2-3,8,12H2,1H3;5H,(H3,2,3,4). The molecule has 0 bridgehead atoms. The molecular weight excluding hydrogens is 250 g/mol. The van der Waals surface area contributed by atoms with Crippen molar-refractivity contribution in [2.75, 3.05) is 12.3 Å². The second kappa shape index (κ2) is 9.72. The summed E-state index contributed by atoms with van der Waals surface area (Å²) in [6.45, 7) is 2.54. The highest BCUT2D eigenvalue weighted by Crippen LogP contribution is 2.07. The number of anilines is 1. The Morgan fingerprint density at radius 3 is 2.26 bits per heavy atom. The molecule has 106 valence electrons. The first-order chi connectivity index (χ1) is 9.01. The zero-order valence-corrected chi connectivity index (χ0v) is 10.8. The van der Waals surface area contributed by atoms with E-state index in [-0.39, 0.29) is 5.97 Å². The van der Waals surface area contributed by atoms with Crippen molar-refractivity contribution in [2.45, 2.75) is 19.8 Å². The van der Waals surface area contributed by atoms with Crippen LogP contribution in [0.25, 0.3) is 0 Å². The minimum atomic E-state index is -0.940. The molecule has 0 saturated heterocycles. The van der Waals surface area contributed by atoms with Crippen LogP contribution in [0.3, 0.4) is 0 Å². The smallest absolute Gasteiger partial charge is 0.338 e. The van der Waals surface area contributed by atoms with Crippen LogP contribution < -0.4 is 16.9 Å². The van der Waals surface area contributed by atoms with Crippen molar-refractivity contribution in [3.8, 4) is 0 Å². The molecule has 0 unspecified atom stereocenters. The highest BCUT2D eigenvalue weighted by atomic mass is 16.5. The molecule has 0 radical (unpaired) electrons. The van der Waals surface area contributed by atoms with Crippen LogP contribution >= 0.6 is 0 Å². The van der Waals surface area contributed by atoms with E-state index in [2.05, 4.69) is 12.7 Å². The summed E-state index contributed by atoms with van der Waals surface area (Å²) in [5.41, 5.74) is 12.2. The van der Waals surface area contributed by atoms with Crippen molar-refractivity contribution >= 4 is 17.7 Å². The van der Waals surface area contributed by atoms with Crippen LogP contribution in [0.2, 0.25) is 0 Å². The SMILES string of the molecule is CCCCOC(=O)c1ccc(N)cc1.NC(=O)NO. The Hall–Kier alpha value is -2.28. The summed E-state index contributed by atoms with van der Waals surface area (Å²) >= 11 is 0. The topological polar surface area (TPSA) is 128 Å². The molecular formula is C12H19N3O4. The van der Waals surface area contributed by atoms with Crippen molar-refractivity contribution in [3.63, 3.8) is 0 Å². The van der Waals surface area contributed by atoms with Gasteiger partial charge in [-0.15, -0.1) is 0 Å². The van der Waals surface area contributed by atoms with Crippen LogP contribution in [0.5, 0.6) is 0 Å².